The first-order valence-electron chi connectivity index (χ1n) is 7.64. The van der Waals surface area contributed by atoms with Gasteiger partial charge in [-0.3, -0.25) is 0 Å². The molecule has 118 valence electrons. The van der Waals surface area contributed by atoms with Gasteiger partial charge in [0.2, 0.25) is 0 Å². The first-order chi connectivity index (χ1) is 11.6. The number of benzene rings is 3. The second-order valence-electron chi connectivity index (χ2n) is 5.77. The summed E-state index contributed by atoms with van der Waals surface area (Å²) in [5, 5.41) is 22.1. The van der Waals surface area contributed by atoms with Crippen molar-refractivity contribution in [2.75, 3.05) is 0 Å². The molecule has 4 aromatic rings. The van der Waals surface area contributed by atoms with Gasteiger partial charge in [0.05, 0.1) is 11.1 Å². The van der Waals surface area contributed by atoms with Crippen molar-refractivity contribution in [3.05, 3.63) is 71.9 Å². The Kier molecular flexibility index (Phi) is 3.06. The quantitative estimate of drug-likeness (QED) is 0.572. The number of fused-ring (bicyclic) bond motifs is 3. The van der Waals surface area contributed by atoms with E-state index in [0.29, 0.717) is 16.5 Å². The first-order valence-corrected chi connectivity index (χ1v) is 7.64. The van der Waals surface area contributed by atoms with Crippen LogP contribution < -0.4 is 0 Å². The number of carboxylic acid groups (broad SMARTS) is 1. The molecule has 3 aromatic carbocycles. The van der Waals surface area contributed by atoms with Gasteiger partial charge in [-0.05, 0) is 25.1 Å². The molecule has 0 aliphatic heterocycles. The van der Waals surface area contributed by atoms with E-state index in [1.807, 2.05) is 59.2 Å². The number of phenols is 1. The zero-order valence-electron chi connectivity index (χ0n) is 13.0. The number of rotatable bonds is 2. The van der Waals surface area contributed by atoms with Crippen LogP contribution in [0.25, 0.3) is 27.4 Å². The third kappa shape index (κ3) is 1.90. The van der Waals surface area contributed by atoms with E-state index in [1.54, 1.807) is 13.0 Å². The molecule has 0 bridgehead atoms. The normalized spacial score (nSPS) is 11.2. The summed E-state index contributed by atoms with van der Waals surface area (Å²) in [5.41, 5.74) is 2.54. The lowest BCUT2D eigenvalue weighted by Crippen LogP contribution is -2.01. The third-order valence-corrected chi connectivity index (χ3v) is 4.41. The molecule has 4 nitrogen and oxygen atoms in total. The Morgan fingerprint density at radius 3 is 2.21 bits per heavy atom. The van der Waals surface area contributed by atoms with Crippen molar-refractivity contribution in [2.24, 2.45) is 0 Å². The molecule has 0 spiro atoms. The van der Waals surface area contributed by atoms with Crippen molar-refractivity contribution in [2.45, 2.75) is 6.92 Å². The maximum Gasteiger partial charge on any atom is 0.338 e. The Bertz CT molecular complexity index is 1090. The SMILES string of the molecule is Cc1c(C(=O)O)c2cc(O)c3ccccc3c2n1-c1ccccc1. The lowest BCUT2D eigenvalue weighted by Gasteiger charge is -2.11. The Labute approximate surface area is 138 Å². The van der Waals surface area contributed by atoms with E-state index in [-0.39, 0.29) is 11.3 Å². The van der Waals surface area contributed by atoms with E-state index in [4.69, 9.17) is 0 Å². The van der Waals surface area contributed by atoms with Crippen molar-refractivity contribution in [3.8, 4) is 11.4 Å². The predicted molar refractivity (Wildman–Crippen MR) is 94.1 cm³/mol. The number of phenolic OH excluding ortho intramolecular Hbond substituents is 1. The van der Waals surface area contributed by atoms with Gasteiger partial charge in [0.15, 0.2) is 0 Å². The second-order valence-corrected chi connectivity index (χ2v) is 5.77. The van der Waals surface area contributed by atoms with Gasteiger partial charge in [0, 0.05) is 27.5 Å². The number of aromatic nitrogens is 1. The zero-order valence-corrected chi connectivity index (χ0v) is 13.0. The van der Waals surface area contributed by atoms with Crippen molar-refractivity contribution in [1.29, 1.82) is 0 Å². The van der Waals surface area contributed by atoms with Crippen LogP contribution in [0.3, 0.4) is 0 Å². The van der Waals surface area contributed by atoms with E-state index >= 15 is 0 Å². The maximum atomic E-state index is 11.8. The van der Waals surface area contributed by atoms with Crippen LogP contribution >= 0.6 is 0 Å². The van der Waals surface area contributed by atoms with Gasteiger partial charge >= 0.3 is 5.97 Å². The minimum absolute atomic E-state index is 0.0887. The standard InChI is InChI=1S/C20H15NO3/c1-12-18(20(23)24)16-11-17(22)14-9-5-6-10-15(14)19(16)21(12)13-7-3-2-4-8-13/h2-11,22H,1H3,(H,23,24). The van der Waals surface area contributed by atoms with E-state index in [0.717, 1.165) is 16.6 Å². The van der Waals surface area contributed by atoms with Crippen LogP contribution in [0.1, 0.15) is 16.1 Å². The Morgan fingerprint density at radius 1 is 0.917 bits per heavy atom. The highest BCUT2D eigenvalue weighted by Gasteiger charge is 2.23. The molecule has 0 saturated carbocycles. The summed E-state index contributed by atoms with van der Waals surface area (Å²) in [6.07, 6.45) is 0. The van der Waals surface area contributed by atoms with E-state index in [2.05, 4.69) is 0 Å². The molecular weight excluding hydrogens is 302 g/mol. The molecule has 0 atom stereocenters. The minimum atomic E-state index is -0.998. The summed E-state index contributed by atoms with van der Waals surface area (Å²) in [6.45, 7) is 1.79. The molecule has 4 rings (SSSR count). The highest BCUT2D eigenvalue weighted by Crippen LogP contribution is 2.38. The smallest absolute Gasteiger partial charge is 0.338 e. The fraction of sp³-hybridized carbons (Fsp3) is 0.0500. The molecule has 0 saturated heterocycles. The molecule has 0 amide bonds. The lowest BCUT2D eigenvalue weighted by atomic mass is 10.0. The van der Waals surface area contributed by atoms with Crippen molar-refractivity contribution < 1.29 is 15.0 Å². The minimum Gasteiger partial charge on any atom is -0.507 e. The average molecular weight is 317 g/mol. The van der Waals surface area contributed by atoms with Gasteiger partial charge < -0.3 is 14.8 Å². The fourth-order valence-corrected chi connectivity index (χ4v) is 3.42. The van der Waals surface area contributed by atoms with Crippen LogP contribution in [0.2, 0.25) is 0 Å². The lowest BCUT2D eigenvalue weighted by molar-refractivity contribution is 0.0698. The second kappa shape index (κ2) is 5.13. The summed E-state index contributed by atoms with van der Waals surface area (Å²) in [5.74, 6) is -0.910. The third-order valence-electron chi connectivity index (χ3n) is 4.41. The predicted octanol–water partition coefficient (Wildman–Crippen LogP) is 4.50. The molecule has 0 unspecified atom stereocenters. The molecule has 4 heteroatoms. The number of aromatic carboxylic acids is 1. The summed E-state index contributed by atoms with van der Waals surface area (Å²) in [4.78, 5) is 11.8. The van der Waals surface area contributed by atoms with Gasteiger partial charge in [0.1, 0.15) is 5.75 Å². The molecular formula is C20H15NO3. The highest BCUT2D eigenvalue weighted by molar-refractivity contribution is 6.16. The number of carboxylic acids is 1. The van der Waals surface area contributed by atoms with Crippen LogP contribution in [0.5, 0.6) is 5.75 Å². The van der Waals surface area contributed by atoms with E-state index < -0.39 is 5.97 Å². The van der Waals surface area contributed by atoms with Crippen LogP contribution in [0, 0.1) is 6.92 Å². The van der Waals surface area contributed by atoms with E-state index in [9.17, 15) is 15.0 Å². The topological polar surface area (TPSA) is 62.5 Å². The van der Waals surface area contributed by atoms with Gasteiger partial charge in [-0.15, -0.1) is 0 Å². The molecule has 0 fully saturated rings. The molecule has 0 radical (unpaired) electrons. The Hall–Kier alpha value is -3.27. The van der Waals surface area contributed by atoms with Crippen LogP contribution in [0.15, 0.2) is 60.7 Å². The molecule has 0 aliphatic rings. The van der Waals surface area contributed by atoms with Crippen LogP contribution in [-0.2, 0) is 0 Å². The van der Waals surface area contributed by atoms with Gasteiger partial charge in [-0.1, -0.05) is 42.5 Å². The fourth-order valence-electron chi connectivity index (χ4n) is 3.42. The van der Waals surface area contributed by atoms with Crippen molar-refractivity contribution in [3.63, 3.8) is 0 Å². The number of para-hydroxylation sites is 1. The van der Waals surface area contributed by atoms with Crippen molar-refractivity contribution >= 4 is 27.6 Å². The number of aromatic hydroxyl groups is 1. The summed E-state index contributed by atoms with van der Waals surface area (Å²) < 4.78 is 1.94. The van der Waals surface area contributed by atoms with Crippen LogP contribution in [0.4, 0.5) is 0 Å². The molecule has 1 aromatic heterocycles. The average Bonchev–Trinajstić information content (AvgIpc) is 2.88. The number of carbonyl (C=O) groups is 1. The maximum absolute atomic E-state index is 11.8. The molecule has 24 heavy (non-hydrogen) atoms. The first kappa shape index (κ1) is 14.3. The van der Waals surface area contributed by atoms with Crippen molar-refractivity contribution in [1.82, 2.24) is 4.57 Å². The van der Waals surface area contributed by atoms with Gasteiger partial charge in [0.25, 0.3) is 0 Å². The van der Waals surface area contributed by atoms with Gasteiger partial charge in [-0.25, -0.2) is 4.79 Å². The van der Waals surface area contributed by atoms with Crippen LogP contribution in [-0.4, -0.2) is 20.7 Å². The monoisotopic (exact) mass is 317 g/mol. The Morgan fingerprint density at radius 2 is 1.54 bits per heavy atom. The summed E-state index contributed by atoms with van der Waals surface area (Å²) >= 11 is 0. The number of hydrogen-bond donors (Lipinski definition) is 2. The zero-order chi connectivity index (χ0) is 16.8. The molecule has 2 N–H and O–H groups in total. The molecule has 0 aliphatic carbocycles. The summed E-state index contributed by atoms with van der Waals surface area (Å²) in [7, 11) is 0. The molecule has 1 heterocycles. The summed E-state index contributed by atoms with van der Waals surface area (Å²) in [6, 6.07) is 18.7. The number of hydrogen-bond acceptors (Lipinski definition) is 2. The Balaban J connectivity index is 2.29. The highest BCUT2D eigenvalue weighted by atomic mass is 16.4. The largest absolute Gasteiger partial charge is 0.507 e. The van der Waals surface area contributed by atoms with E-state index in [1.165, 1.54) is 0 Å². The number of nitrogens with zero attached hydrogens (tertiary/aromatic N) is 1. The van der Waals surface area contributed by atoms with Gasteiger partial charge in [-0.2, -0.15) is 0 Å².